The molecule has 1 aliphatic rings. The molecule has 5 nitrogen and oxygen atoms in total. The Morgan fingerprint density at radius 2 is 2.18 bits per heavy atom. The number of nitrogens with one attached hydrogen (secondary N) is 1. The second-order valence-corrected chi connectivity index (χ2v) is 2.22. The molecule has 0 radical (unpaired) electrons. The van der Waals surface area contributed by atoms with E-state index in [0.717, 1.165) is 19.4 Å². The zero-order chi connectivity index (χ0) is 8.10. The second kappa shape index (κ2) is 3.92. The van der Waals surface area contributed by atoms with Gasteiger partial charge in [-0.2, -0.15) is 0 Å². The van der Waals surface area contributed by atoms with Crippen molar-refractivity contribution in [1.29, 1.82) is 5.41 Å². The van der Waals surface area contributed by atoms with E-state index in [4.69, 9.17) is 15.9 Å². The topological polar surface area (TPSA) is 74.7 Å². The summed E-state index contributed by atoms with van der Waals surface area (Å²) in [4.78, 5) is 5.55. The quantitative estimate of drug-likeness (QED) is 0.387. The Labute approximate surface area is 65.4 Å². The molecule has 0 aromatic carbocycles. The third kappa shape index (κ3) is 2.19. The maximum Gasteiger partial charge on any atom is 0.197 e. The highest BCUT2D eigenvalue weighted by Gasteiger charge is 2.11. The molecule has 62 valence electrons. The fourth-order valence-electron chi connectivity index (χ4n) is 0.940. The first kappa shape index (κ1) is 8.00. The fraction of sp³-hybridized carbons (Fsp3) is 0.667. The van der Waals surface area contributed by atoms with E-state index in [1.807, 2.05) is 4.90 Å². The predicted octanol–water partition coefficient (Wildman–Crippen LogP) is -0.760. The molecule has 0 aromatic rings. The summed E-state index contributed by atoms with van der Waals surface area (Å²) in [6, 6.07) is 0. The van der Waals surface area contributed by atoms with Crippen LogP contribution in [0.25, 0.3) is 0 Å². The van der Waals surface area contributed by atoms with Crippen LogP contribution >= 0.6 is 0 Å². The van der Waals surface area contributed by atoms with Gasteiger partial charge in [-0.1, -0.05) is 0 Å². The van der Waals surface area contributed by atoms with Gasteiger partial charge in [-0.05, 0) is 0 Å². The van der Waals surface area contributed by atoms with Gasteiger partial charge < -0.3 is 15.4 Å². The largest absolute Gasteiger partial charge is 0.378 e. The average Bonchev–Trinajstić information content (AvgIpc) is 2.07. The van der Waals surface area contributed by atoms with E-state index in [9.17, 15) is 0 Å². The van der Waals surface area contributed by atoms with Crippen molar-refractivity contribution in [2.45, 2.75) is 0 Å². The van der Waals surface area contributed by atoms with Gasteiger partial charge in [0.15, 0.2) is 5.96 Å². The Morgan fingerprint density at radius 1 is 1.55 bits per heavy atom. The minimum Gasteiger partial charge on any atom is -0.378 e. The van der Waals surface area contributed by atoms with Crippen molar-refractivity contribution in [3.8, 4) is 0 Å². The number of aliphatic imine (C=N–C) groups is 1. The van der Waals surface area contributed by atoms with Crippen molar-refractivity contribution in [1.82, 2.24) is 4.90 Å². The Bertz CT molecular complexity index is 162. The molecule has 1 fully saturated rings. The maximum atomic E-state index is 6.70. The second-order valence-electron chi connectivity index (χ2n) is 2.22. The van der Waals surface area contributed by atoms with Crippen LogP contribution in [0.5, 0.6) is 0 Å². The number of hydrogen-bond acceptors (Lipinski definition) is 2. The van der Waals surface area contributed by atoms with E-state index in [-0.39, 0.29) is 0 Å². The zero-order valence-corrected chi connectivity index (χ0v) is 6.29. The van der Waals surface area contributed by atoms with Crippen molar-refractivity contribution >= 4 is 12.3 Å². The lowest BCUT2D eigenvalue weighted by atomic mass is 10.4. The lowest BCUT2D eigenvalue weighted by molar-refractivity contribution is 0.0676. The standard InChI is InChI=1S/C6H12N4O/c7-5-9-6(8)10-1-3-11-4-2-10/h5H,1-4H2,(H3,7,8,9). The number of rotatable bonds is 1. The zero-order valence-electron chi connectivity index (χ0n) is 6.29. The lowest BCUT2D eigenvalue weighted by Crippen LogP contribution is -2.44. The van der Waals surface area contributed by atoms with Crippen LogP contribution < -0.4 is 5.73 Å². The molecule has 11 heavy (non-hydrogen) atoms. The van der Waals surface area contributed by atoms with E-state index in [2.05, 4.69) is 4.99 Å². The molecule has 0 aliphatic carbocycles. The van der Waals surface area contributed by atoms with E-state index in [1.54, 1.807) is 0 Å². The van der Waals surface area contributed by atoms with Crippen molar-refractivity contribution in [3.05, 3.63) is 0 Å². The first-order valence-corrected chi connectivity index (χ1v) is 3.49. The predicted molar refractivity (Wildman–Crippen MR) is 42.8 cm³/mol. The Kier molecular flexibility index (Phi) is 2.85. The molecule has 0 saturated carbocycles. The molecular formula is C6H12N4O. The van der Waals surface area contributed by atoms with E-state index in [1.165, 1.54) is 0 Å². The first-order valence-electron chi connectivity index (χ1n) is 3.49. The summed E-state index contributed by atoms with van der Waals surface area (Å²) in [7, 11) is 0. The first-order chi connectivity index (χ1) is 5.34. The smallest absolute Gasteiger partial charge is 0.197 e. The van der Waals surface area contributed by atoms with Crippen LogP contribution in [0.1, 0.15) is 0 Å². The molecular weight excluding hydrogens is 144 g/mol. The number of nitrogens with zero attached hydrogens (tertiary/aromatic N) is 2. The normalized spacial score (nSPS) is 20.0. The van der Waals surface area contributed by atoms with Gasteiger partial charge in [0, 0.05) is 13.1 Å². The molecule has 0 spiro atoms. The molecule has 0 unspecified atom stereocenters. The summed E-state index contributed by atoms with van der Waals surface area (Å²) in [6.07, 6.45) is 0.949. The van der Waals surface area contributed by atoms with Gasteiger partial charge >= 0.3 is 0 Å². The molecule has 0 bridgehead atoms. The molecule has 0 atom stereocenters. The third-order valence-corrected chi connectivity index (χ3v) is 1.53. The Balaban J connectivity index is 2.44. The Hall–Kier alpha value is -1.10. The van der Waals surface area contributed by atoms with Crippen LogP contribution in [0.15, 0.2) is 4.99 Å². The summed E-state index contributed by atoms with van der Waals surface area (Å²) in [5.41, 5.74) is 5.53. The molecule has 0 aromatic heterocycles. The summed E-state index contributed by atoms with van der Waals surface area (Å²) in [5, 5.41) is 6.70. The summed E-state index contributed by atoms with van der Waals surface area (Å²) in [5.74, 6) is 0.406. The highest BCUT2D eigenvalue weighted by Crippen LogP contribution is 1.94. The Morgan fingerprint density at radius 3 is 2.73 bits per heavy atom. The molecule has 0 amide bonds. The van der Waals surface area contributed by atoms with Gasteiger partial charge in [0.1, 0.15) is 6.34 Å². The number of ether oxygens (including phenoxy) is 1. The van der Waals surface area contributed by atoms with E-state index < -0.39 is 0 Å². The molecule has 1 heterocycles. The third-order valence-electron chi connectivity index (χ3n) is 1.53. The van der Waals surface area contributed by atoms with Gasteiger partial charge in [-0.3, -0.25) is 5.41 Å². The number of hydrogen-bond donors (Lipinski definition) is 2. The van der Waals surface area contributed by atoms with Crippen LogP contribution in [0.3, 0.4) is 0 Å². The van der Waals surface area contributed by atoms with E-state index in [0.29, 0.717) is 19.2 Å². The van der Waals surface area contributed by atoms with Gasteiger partial charge in [0.2, 0.25) is 0 Å². The summed E-state index contributed by atoms with van der Waals surface area (Å²) >= 11 is 0. The van der Waals surface area contributed by atoms with Gasteiger partial charge in [-0.15, -0.1) is 0 Å². The molecule has 1 saturated heterocycles. The van der Waals surface area contributed by atoms with Crippen molar-refractivity contribution < 1.29 is 4.74 Å². The summed E-state index contributed by atoms with van der Waals surface area (Å²) in [6.45, 7) is 2.91. The van der Waals surface area contributed by atoms with Crippen LogP contribution in [-0.2, 0) is 4.74 Å². The number of guanidine groups is 1. The van der Waals surface area contributed by atoms with Gasteiger partial charge in [-0.25, -0.2) is 4.99 Å². The van der Waals surface area contributed by atoms with Crippen LogP contribution in [0.4, 0.5) is 0 Å². The highest BCUT2D eigenvalue weighted by atomic mass is 16.5. The highest BCUT2D eigenvalue weighted by molar-refractivity contribution is 5.84. The maximum absolute atomic E-state index is 6.70. The van der Waals surface area contributed by atoms with Crippen molar-refractivity contribution in [3.63, 3.8) is 0 Å². The number of morpholine rings is 1. The fourth-order valence-corrected chi connectivity index (χ4v) is 0.940. The monoisotopic (exact) mass is 156 g/mol. The molecule has 1 rings (SSSR count). The summed E-state index contributed by atoms with van der Waals surface area (Å²) < 4.78 is 5.12. The SMILES string of the molecule is N=CN=C(N)N1CCOCC1. The molecule has 3 N–H and O–H groups in total. The molecule has 1 aliphatic heterocycles. The average molecular weight is 156 g/mol. The van der Waals surface area contributed by atoms with Gasteiger partial charge in [0.05, 0.1) is 13.2 Å². The van der Waals surface area contributed by atoms with Gasteiger partial charge in [0.25, 0.3) is 0 Å². The molecule has 5 heteroatoms. The minimum atomic E-state index is 0.406. The van der Waals surface area contributed by atoms with Crippen LogP contribution in [0, 0.1) is 5.41 Å². The van der Waals surface area contributed by atoms with Crippen LogP contribution in [0.2, 0.25) is 0 Å². The van der Waals surface area contributed by atoms with E-state index >= 15 is 0 Å². The number of nitrogens with two attached hydrogens (primary N) is 1. The van der Waals surface area contributed by atoms with Crippen molar-refractivity contribution in [2.75, 3.05) is 26.3 Å². The van der Waals surface area contributed by atoms with Crippen molar-refractivity contribution in [2.24, 2.45) is 10.7 Å². The lowest BCUT2D eigenvalue weighted by Gasteiger charge is -2.27. The minimum absolute atomic E-state index is 0.406. The van der Waals surface area contributed by atoms with Crippen LogP contribution in [-0.4, -0.2) is 43.5 Å².